The van der Waals surface area contributed by atoms with Crippen LogP contribution >= 0.6 is 0 Å². The van der Waals surface area contributed by atoms with Crippen LogP contribution in [0.25, 0.3) is 0 Å². The molecule has 5 heteroatoms. The summed E-state index contributed by atoms with van der Waals surface area (Å²) in [5, 5.41) is 0. The van der Waals surface area contributed by atoms with Crippen molar-refractivity contribution in [1.29, 1.82) is 0 Å². The van der Waals surface area contributed by atoms with Gasteiger partial charge in [-0.2, -0.15) is 0 Å². The number of rotatable bonds is 6. The zero-order chi connectivity index (χ0) is 19.4. The number of nitrogens with zero attached hydrogens (tertiary/aromatic N) is 3. The molecule has 2 aromatic rings. The summed E-state index contributed by atoms with van der Waals surface area (Å²) in [7, 11) is 3.45. The Hall–Kier alpha value is -2.11. The third-order valence-corrected chi connectivity index (χ3v) is 6.43. The number of aromatic nitrogens is 1. The molecule has 0 atom stereocenters. The molecule has 28 heavy (non-hydrogen) atoms. The van der Waals surface area contributed by atoms with E-state index in [2.05, 4.69) is 45.1 Å². The zero-order valence-corrected chi connectivity index (χ0v) is 17.1. The van der Waals surface area contributed by atoms with Gasteiger partial charge in [-0.25, -0.2) is 4.98 Å². The van der Waals surface area contributed by atoms with Gasteiger partial charge < -0.3 is 14.4 Å². The molecule has 150 valence electrons. The van der Waals surface area contributed by atoms with Crippen LogP contribution < -0.4 is 9.64 Å². The second-order valence-corrected chi connectivity index (χ2v) is 8.00. The number of benzene rings is 1. The summed E-state index contributed by atoms with van der Waals surface area (Å²) < 4.78 is 10.8. The van der Waals surface area contributed by atoms with Crippen LogP contribution in [-0.2, 0) is 17.9 Å². The van der Waals surface area contributed by atoms with Crippen molar-refractivity contribution in [3.8, 4) is 5.75 Å². The quantitative estimate of drug-likeness (QED) is 0.759. The Bertz CT molecular complexity index is 773. The predicted octanol–water partition coefficient (Wildman–Crippen LogP) is 3.87. The molecule has 0 amide bonds. The van der Waals surface area contributed by atoms with E-state index in [-0.39, 0.29) is 0 Å². The van der Waals surface area contributed by atoms with Crippen LogP contribution in [0.1, 0.15) is 36.8 Å². The van der Waals surface area contributed by atoms with Gasteiger partial charge in [-0.3, -0.25) is 4.90 Å². The summed E-state index contributed by atoms with van der Waals surface area (Å²) in [5.74, 6) is 2.02. The van der Waals surface area contributed by atoms with E-state index < -0.39 is 0 Å². The molecule has 0 bridgehead atoms. The molecule has 0 unspecified atom stereocenters. The molecule has 2 saturated heterocycles. The second kappa shape index (κ2) is 8.50. The molecule has 2 aliphatic heterocycles. The lowest BCUT2D eigenvalue weighted by Gasteiger charge is -2.45. The first-order valence-electron chi connectivity index (χ1n) is 10.3. The SMILES string of the molecule is COCc1cc(CN2CCCC23CCN(c2ccccn2)CC3)ccc1OC. The molecule has 5 nitrogen and oxygen atoms in total. The van der Waals surface area contributed by atoms with Crippen molar-refractivity contribution < 1.29 is 9.47 Å². The molecular formula is C23H31N3O2. The fraction of sp³-hybridized carbons (Fsp3) is 0.522. The Morgan fingerprint density at radius 1 is 1.04 bits per heavy atom. The van der Waals surface area contributed by atoms with Crippen LogP contribution in [0.15, 0.2) is 42.6 Å². The van der Waals surface area contributed by atoms with Gasteiger partial charge in [0.05, 0.1) is 13.7 Å². The predicted molar refractivity (Wildman–Crippen MR) is 112 cm³/mol. The largest absolute Gasteiger partial charge is 0.496 e. The summed E-state index contributed by atoms with van der Waals surface area (Å²) in [6, 6.07) is 12.7. The molecule has 0 radical (unpaired) electrons. The molecule has 0 saturated carbocycles. The summed E-state index contributed by atoms with van der Waals surface area (Å²) in [6.07, 6.45) is 6.92. The molecule has 2 fully saturated rings. The Labute approximate surface area is 168 Å². The van der Waals surface area contributed by atoms with E-state index in [9.17, 15) is 0 Å². The molecule has 3 heterocycles. The van der Waals surface area contributed by atoms with Crippen LogP contribution in [0.4, 0.5) is 5.82 Å². The van der Waals surface area contributed by atoms with Crippen LogP contribution in [0.3, 0.4) is 0 Å². The van der Waals surface area contributed by atoms with E-state index in [1.54, 1.807) is 14.2 Å². The minimum Gasteiger partial charge on any atom is -0.496 e. The van der Waals surface area contributed by atoms with Gasteiger partial charge in [0.1, 0.15) is 11.6 Å². The smallest absolute Gasteiger partial charge is 0.128 e. The second-order valence-electron chi connectivity index (χ2n) is 8.00. The normalized spacial score (nSPS) is 19.3. The third kappa shape index (κ3) is 3.87. The standard InChI is InChI=1S/C23H31N3O2/c1-27-18-20-16-19(7-8-21(20)28-2)17-26-13-5-9-23(26)10-14-25(15-11-23)22-6-3-4-12-24-22/h3-4,6-8,12,16H,5,9-11,13-15,17-18H2,1-2H3. The van der Waals surface area contributed by atoms with Crippen molar-refractivity contribution >= 4 is 5.82 Å². The zero-order valence-electron chi connectivity index (χ0n) is 17.1. The number of methoxy groups -OCH3 is 2. The van der Waals surface area contributed by atoms with Crippen molar-refractivity contribution in [3.05, 3.63) is 53.7 Å². The van der Waals surface area contributed by atoms with E-state index >= 15 is 0 Å². The number of likely N-dealkylation sites (tertiary alicyclic amines) is 1. The molecule has 1 spiro atoms. The minimum atomic E-state index is 0.340. The maximum atomic E-state index is 5.48. The lowest BCUT2D eigenvalue weighted by atomic mass is 9.84. The van der Waals surface area contributed by atoms with Gasteiger partial charge in [0.2, 0.25) is 0 Å². The number of anilines is 1. The van der Waals surface area contributed by atoms with Gasteiger partial charge in [0.25, 0.3) is 0 Å². The molecule has 2 aliphatic rings. The summed E-state index contributed by atoms with van der Waals surface area (Å²) in [5.41, 5.74) is 2.81. The Morgan fingerprint density at radius 3 is 2.61 bits per heavy atom. The van der Waals surface area contributed by atoms with Crippen molar-refractivity contribution in [3.63, 3.8) is 0 Å². The number of hydrogen-bond acceptors (Lipinski definition) is 5. The first-order chi connectivity index (χ1) is 13.7. The van der Waals surface area contributed by atoms with Crippen LogP contribution in [-0.4, -0.2) is 49.3 Å². The van der Waals surface area contributed by atoms with Gasteiger partial charge in [0, 0.05) is 44.0 Å². The summed E-state index contributed by atoms with van der Waals surface area (Å²) in [6.45, 7) is 4.96. The van der Waals surface area contributed by atoms with Crippen molar-refractivity contribution in [2.75, 3.05) is 38.8 Å². The highest BCUT2D eigenvalue weighted by Crippen LogP contribution is 2.40. The third-order valence-electron chi connectivity index (χ3n) is 6.43. The number of hydrogen-bond donors (Lipinski definition) is 0. The van der Waals surface area contributed by atoms with Gasteiger partial charge in [-0.15, -0.1) is 0 Å². The van der Waals surface area contributed by atoms with Crippen LogP contribution in [0, 0.1) is 0 Å². The average molecular weight is 382 g/mol. The maximum Gasteiger partial charge on any atom is 0.128 e. The Balaban J connectivity index is 1.45. The van der Waals surface area contributed by atoms with Gasteiger partial charge in [-0.05, 0) is 62.1 Å². The van der Waals surface area contributed by atoms with Crippen molar-refractivity contribution in [1.82, 2.24) is 9.88 Å². The fourth-order valence-electron chi connectivity index (χ4n) is 4.92. The van der Waals surface area contributed by atoms with Crippen molar-refractivity contribution in [2.45, 2.75) is 44.4 Å². The Morgan fingerprint density at radius 2 is 1.89 bits per heavy atom. The minimum absolute atomic E-state index is 0.340. The number of pyridine rings is 1. The maximum absolute atomic E-state index is 5.48. The summed E-state index contributed by atoms with van der Waals surface area (Å²) >= 11 is 0. The lowest BCUT2D eigenvalue weighted by Crippen LogP contribution is -2.52. The van der Waals surface area contributed by atoms with Crippen LogP contribution in [0.2, 0.25) is 0 Å². The highest BCUT2D eigenvalue weighted by molar-refractivity contribution is 5.39. The first-order valence-corrected chi connectivity index (χ1v) is 10.3. The Kier molecular flexibility index (Phi) is 5.83. The molecule has 1 aromatic heterocycles. The highest BCUT2D eigenvalue weighted by atomic mass is 16.5. The summed E-state index contributed by atoms with van der Waals surface area (Å²) in [4.78, 5) is 9.70. The van der Waals surface area contributed by atoms with E-state index in [1.165, 1.54) is 37.8 Å². The highest BCUT2D eigenvalue weighted by Gasteiger charge is 2.43. The molecular weight excluding hydrogens is 350 g/mol. The van der Waals surface area contributed by atoms with Crippen LogP contribution in [0.5, 0.6) is 5.75 Å². The number of ether oxygens (including phenoxy) is 2. The van der Waals surface area contributed by atoms with E-state index in [1.807, 2.05) is 12.3 Å². The van der Waals surface area contributed by atoms with Gasteiger partial charge >= 0.3 is 0 Å². The van der Waals surface area contributed by atoms with Gasteiger partial charge in [-0.1, -0.05) is 12.1 Å². The van der Waals surface area contributed by atoms with E-state index in [0.717, 1.165) is 36.8 Å². The topological polar surface area (TPSA) is 37.8 Å². The first kappa shape index (κ1) is 19.2. The molecule has 0 N–H and O–H groups in total. The number of piperidine rings is 1. The molecule has 4 rings (SSSR count). The van der Waals surface area contributed by atoms with E-state index in [4.69, 9.17) is 9.47 Å². The average Bonchev–Trinajstić information content (AvgIpc) is 3.11. The van der Waals surface area contributed by atoms with E-state index in [0.29, 0.717) is 12.1 Å². The van der Waals surface area contributed by atoms with Gasteiger partial charge in [0.15, 0.2) is 0 Å². The van der Waals surface area contributed by atoms with Crippen molar-refractivity contribution in [2.24, 2.45) is 0 Å². The lowest BCUT2D eigenvalue weighted by molar-refractivity contribution is 0.0995. The molecule has 0 aliphatic carbocycles. The molecule has 1 aromatic carbocycles. The fourth-order valence-corrected chi connectivity index (χ4v) is 4.92. The monoisotopic (exact) mass is 381 g/mol.